The van der Waals surface area contributed by atoms with Gasteiger partial charge in [0.25, 0.3) is 0 Å². The Morgan fingerprint density at radius 2 is 0.806 bits per heavy atom. The molecular formula is C57H36N4O. The van der Waals surface area contributed by atoms with Crippen molar-refractivity contribution in [2.75, 3.05) is 0 Å². The molecule has 290 valence electrons. The Balaban J connectivity index is 1.05. The van der Waals surface area contributed by atoms with Crippen molar-refractivity contribution in [2.45, 2.75) is 0 Å². The van der Waals surface area contributed by atoms with E-state index in [2.05, 4.69) is 199 Å². The predicted octanol–water partition coefficient (Wildman–Crippen LogP) is 14.9. The minimum absolute atomic E-state index is 0.578. The minimum Gasteiger partial charge on any atom is -0.456 e. The molecule has 0 saturated carbocycles. The van der Waals surface area contributed by atoms with E-state index in [0.717, 1.165) is 83.0 Å². The molecule has 5 nitrogen and oxygen atoms in total. The molecule has 9 aromatic carbocycles. The van der Waals surface area contributed by atoms with Gasteiger partial charge < -0.3 is 8.98 Å². The van der Waals surface area contributed by atoms with Gasteiger partial charge in [-0.05, 0) is 75.8 Å². The zero-order chi connectivity index (χ0) is 41.0. The van der Waals surface area contributed by atoms with Gasteiger partial charge in [-0.1, -0.05) is 170 Å². The smallest absolute Gasteiger partial charge is 0.164 e. The average Bonchev–Trinajstić information content (AvgIpc) is 3.89. The Morgan fingerprint density at radius 1 is 0.306 bits per heavy atom. The second-order valence-corrected chi connectivity index (χ2v) is 15.6. The van der Waals surface area contributed by atoms with Gasteiger partial charge >= 0.3 is 0 Å². The van der Waals surface area contributed by atoms with Crippen LogP contribution in [0, 0.1) is 0 Å². The molecule has 0 aliphatic carbocycles. The lowest BCUT2D eigenvalue weighted by Gasteiger charge is -2.11. The van der Waals surface area contributed by atoms with Crippen molar-refractivity contribution < 1.29 is 4.42 Å². The van der Waals surface area contributed by atoms with Crippen molar-refractivity contribution in [1.29, 1.82) is 0 Å². The highest BCUT2D eigenvalue weighted by Crippen LogP contribution is 2.42. The molecule has 12 rings (SSSR count). The van der Waals surface area contributed by atoms with Gasteiger partial charge in [0.2, 0.25) is 0 Å². The third kappa shape index (κ3) is 6.14. The zero-order valence-electron chi connectivity index (χ0n) is 33.5. The molecule has 0 radical (unpaired) electrons. The summed E-state index contributed by atoms with van der Waals surface area (Å²) in [7, 11) is 0. The third-order valence-corrected chi connectivity index (χ3v) is 11.9. The van der Waals surface area contributed by atoms with Crippen LogP contribution in [-0.4, -0.2) is 19.5 Å². The first-order valence-corrected chi connectivity index (χ1v) is 20.8. The van der Waals surface area contributed by atoms with E-state index in [1.807, 2.05) is 24.3 Å². The molecule has 0 saturated heterocycles. The second kappa shape index (κ2) is 14.7. The summed E-state index contributed by atoms with van der Waals surface area (Å²) in [5.74, 6) is 1.78. The fourth-order valence-electron chi connectivity index (χ4n) is 8.88. The van der Waals surface area contributed by atoms with Crippen LogP contribution in [-0.2, 0) is 0 Å². The Labute approximate surface area is 357 Å². The van der Waals surface area contributed by atoms with Crippen LogP contribution in [0.4, 0.5) is 0 Å². The maximum absolute atomic E-state index is 6.76. The maximum atomic E-state index is 6.76. The van der Waals surface area contributed by atoms with Crippen molar-refractivity contribution in [3.8, 4) is 73.2 Å². The van der Waals surface area contributed by atoms with E-state index in [1.54, 1.807) is 0 Å². The van der Waals surface area contributed by atoms with Crippen molar-refractivity contribution in [1.82, 2.24) is 19.5 Å². The van der Waals surface area contributed by atoms with Gasteiger partial charge in [0, 0.05) is 50.0 Å². The molecule has 5 heteroatoms. The highest BCUT2D eigenvalue weighted by Gasteiger charge is 2.21. The van der Waals surface area contributed by atoms with Crippen LogP contribution < -0.4 is 0 Å². The largest absolute Gasteiger partial charge is 0.456 e. The summed E-state index contributed by atoms with van der Waals surface area (Å²) < 4.78 is 9.10. The molecular weight excluding hydrogens is 757 g/mol. The number of rotatable bonds is 7. The number of nitrogens with zero attached hydrogens (tertiary/aromatic N) is 4. The Hall–Kier alpha value is -8.41. The van der Waals surface area contributed by atoms with E-state index in [0.29, 0.717) is 17.5 Å². The van der Waals surface area contributed by atoms with Crippen LogP contribution >= 0.6 is 0 Å². The first-order chi connectivity index (χ1) is 30.7. The van der Waals surface area contributed by atoms with Gasteiger partial charge in [-0.2, -0.15) is 0 Å². The molecule has 12 aromatic rings. The summed E-state index contributed by atoms with van der Waals surface area (Å²) >= 11 is 0. The van der Waals surface area contributed by atoms with Crippen LogP contribution in [0.1, 0.15) is 0 Å². The zero-order valence-corrected chi connectivity index (χ0v) is 33.5. The van der Waals surface area contributed by atoms with Crippen LogP contribution in [0.3, 0.4) is 0 Å². The van der Waals surface area contributed by atoms with E-state index in [4.69, 9.17) is 19.4 Å². The van der Waals surface area contributed by atoms with Crippen LogP contribution in [0.15, 0.2) is 223 Å². The molecule has 0 fully saturated rings. The van der Waals surface area contributed by atoms with E-state index in [1.165, 1.54) is 16.5 Å². The fourth-order valence-corrected chi connectivity index (χ4v) is 8.88. The number of hydrogen-bond donors (Lipinski definition) is 0. The number of aromatic nitrogens is 4. The van der Waals surface area contributed by atoms with Crippen molar-refractivity contribution in [2.24, 2.45) is 0 Å². The summed E-state index contributed by atoms with van der Waals surface area (Å²) in [4.78, 5) is 15.7. The monoisotopic (exact) mass is 792 g/mol. The average molecular weight is 793 g/mol. The lowest BCUT2D eigenvalue weighted by molar-refractivity contribution is 0.669. The van der Waals surface area contributed by atoms with Crippen molar-refractivity contribution in [3.63, 3.8) is 0 Å². The number of fused-ring (bicyclic) bond motifs is 6. The van der Waals surface area contributed by atoms with E-state index < -0.39 is 0 Å². The molecule has 0 unspecified atom stereocenters. The second-order valence-electron chi connectivity index (χ2n) is 15.6. The standard InChI is InChI=1S/C57H36N4O/c1-4-15-37(16-5-1)40-29-31-45(32-30-40)61-50-27-11-10-25-46(50)48-35-49-53(36-51(48)61)62-52-28-14-26-47(54(49)52)57-59-55(43-23-12-21-41(33-43)38-17-6-2-7-18-38)58-56(60-57)44-24-13-22-42(34-44)39-19-8-3-9-20-39/h1-36H. The van der Waals surface area contributed by atoms with Gasteiger partial charge in [-0.15, -0.1) is 0 Å². The number of para-hydroxylation sites is 1. The first-order valence-electron chi connectivity index (χ1n) is 20.8. The quantitative estimate of drug-likeness (QED) is 0.161. The molecule has 0 bridgehead atoms. The molecule has 0 spiro atoms. The topological polar surface area (TPSA) is 56.7 Å². The lowest BCUT2D eigenvalue weighted by atomic mass is 10.0. The van der Waals surface area contributed by atoms with Crippen molar-refractivity contribution in [3.05, 3.63) is 218 Å². The molecule has 0 atom stereocenters. The Kier molecular flexibility index (Phi) is 8.42. The number of benzene rings is 9. The van der Waals surface area contributed by atoms with Crippen molar-refractivity contribution >= 4 is 43.7 Å². The molecule has 0 aliphatic heterocycles. The van der Waals surface area contributed by atoms with E-state index in [9.17, 15) is 0 Å². The van der Waals surface area contributed by atoms with Gasteiger partial charge in [0.05, 0.1) is 11.0 Å². The third-order valence-electron chi connectivity index (χ3n) is 11.9. The minimum atomic E-state index is 0.578. The highest BCUT2D eigenvalue weighted by atomic mass is 16.3. The first kappa shape index (κ1) is 35.5. The van der Waals surface area contributed by atoms with Gasteiger partial charge in [0.15, 0.2) is 17.5 Å². The lowest BCUT2D eigenvalue weighted by Crippen LogP contribution is -2.00. The van der Waals surface area contributed by atoms with E-state index in [-0.39, 0.29) is 0 Å². The number of furan rings is 1. The van der Waals surface area contributed by atoms with Gasteiger partial charge in [-0.25, -0.2) is 15.0 Å². The van der Waals surface area contributed by atoms with Crippen LogP contribution in [0.25, 0.3) is 117 Å². The summed E-state index contributed by atoms with van der Waals surface area (Å²) in [6.07, 6.45) is 0. The SMILES string of the molecule is c1ccc(-c2ccc(-n3c4ccccc4c4cc5c(cc43)oc3cccc(-c4nc(-c6cccc(-c7ccccc7)c6)nc(-c6cccc(-c7ccccc7)c6)n4)c35)cc2)cc1. The fraction of sp³-hybridized carbons (Fsp3) is 0. The Morgan fingerprint density at radius 3 is 1.44 bits per heavy atom. The predicted molar refractivity (Wildman–Crippen MR) is 254 cm³/mol. The molecule has 3 aromatic heterocycles. The normalized spacial score (nSPS) is 11.5. The molecule has 0 amide bonds. The molecule has 0 N–H and O–H groups in total. The van der Waals surface area contributed by atoms with Gasteiger partial charge in [0.1, 0.15) is 11.2 Å². The van der Waals surface area contributed by atoms with Crippen LogP contribution in [0.5, 0.6) is 0 Å². The highest BCUT2D eigenvalue weighted by molar-refractivity contribution is 6.19. The van der Waals surface area contributed by atoms with E-state index >= 15 is 0 Å². The molecule has 0 aliphatic rings. The summed E-state index contributed by atoms with van der Waals surface area (Å²) in [6, 6.07) is 76.2. The number of hydrogen-bond acceptors (Lipinski definition) is 4. The van der Waals surface area contributed by atoms with Gasteiger partial charge in [-0.3, -0.25) is 0 Å². The summed E-state index contributed by atoms with van der Waals surface area (Å²) in [5, 5.41) is 4.29. The summed E-state index contributed by atoms with van der Waals surface area (Å²) in [6.45, 7) is 0. The van der Waals surface area contributed by atoms with Crippen LogP contribution in [0.2, 0.25) is 0 Å². The summed E-state index contributed by atoms with van der Waals surface area (Å²) in [5.41, 5.74) is 14.4. The maximum Gasteiger partial charge on any atom is 0.164 e. The Bertz CT molecular complexity index is 3510. The molecule has 3 heterocycles. The molecule has 62 heavy (non-hydrogen) atoms.